The van der Waals surface area contributed by atoms with Gasteiger partial charge in [0.05, 0.1) is 13.1 Å². The van der Waals surface area contributed by atoms with E-state index in [9.17, 15) is 9.59 Å². The molecule has 2 aromatic carbocycles. The first-order valence-electron chi connectivity index (χ1n) is 10.6. The number of methoxy groups -OCH3 is 1. The minimum atomic E-state index is -0.534. The molecule has 3 N–H and O–H groups in total. The van der Waals surface area contributed by atoms with Crippen LogP contribution in [0.2, 0.25) is 0 Å². The largest absolute Gasteiger partial charge is 0.492 e. The SMILES string of the molecule is COCCCN(CCOc1cccc(C)c1)c1c(N)n(Cc2ccccc2)c(=O)[nH]c1=O. The summed E-state index contributed by atoms with van der Waals surface area (Å²) in [5.41, 5.74) is 7.61. The summed E-state index contributed by atoms with van der Waals surface area (Å²) in [4.78, 5) is 29.5. The highest BCUT2D eigenvalue weighted by Gasteiger charge is 2.19. The standard InChI is InChI=1S/C24H30N4O4/c1-18-8-6-11-20(16-18)32-15-13-27(12-7-14-31-2)21-22(25)28(24(30)26-23(21)29)17-19-9-4-3-5-10-19/h3-6,8-11,16H,7,12-15,17,25H2,1-2H3,(H,26,29,30). The highest BCUT2D eigenvalue weighted by Crippen LogP contribution is 2.19. The van der Waals surface area contributed by atoms with Crippen LogP contribution in [0.5, 0.6) is 5.75 Å². The molecule has 0 radical (unpaired) electrons. The van der Waals surface area contributed by atoms with Gasteiger partial charge in [-0.25, -0.2) is 4.79 Å². The van der Waals surface area contributed by atoms with E-state index < -0.39 is 11.2 Å². The van der Waals surface area contributed by atoms with Crippen LogP contribution in [0, 0.1) is 6.92 Å². The highest BCUT2D eigenvalue weighted by molar-refractivity contribution is 5.62. The third-order valence-corrected chi connectivity index (χ3v) is 5.11. The second-order valence-corrected chi connectivity index (χ2v) is 7.56. The van der Waals surface area contributed by atoms with Crippen LogP contribution >= 0.6 is 0 Å². The van der Waals surface area contributed by atoms with Crippen molar-refractivity contribution >= 4 is 11.5 Å². The molecule has 0 aliphatic heterocycles. The van der Waals surface area contributed by atoms with Crippen LogP contribution in [0.25, 0.3) is 0 Å². The lowest BCUT2D eigenvalue weighted by atomic mass is 10.2. The van der Waals surface area contributed by atoms with Gasteiger partial charge in [-0.05, 0) is 36.6 Å². The van der Waals surface area contributed by atoms with E-state index in [1.165, 1.54) is 4.57 Å². The first kappa shape index (κ1) is 23.1. The summed E-state index contributed by atoms with van der Waals surface area (Å²) in [6.07, 6.45) is 0.692. The first-order valence-corrected chi connectivity index (χ1v) is 10.6. The van der Waals surface area contributed by atoms with Gasteiger partial charge < -0.3 is 20.1 Å². The van der Waals surface area contributed by atoms with Crippen LogP contribution in [0.15, 0.2) is 64.2 Å². The number of hydrogen-bond donors (Lipinski definition) is 2. The fraction of sp³-hybridized carbons (Fsp3) is 0.333. The van der Waals surface area contributed by atoms with Crippen LogP contribution in [-0.2, 0) is 11.3 Å². The number of benzene rings is 2. The number of nitrogens with zero attached hydrogens (tertiary/aromatic N) is 2. The van der Waals surface area contributed by atoms with Crippen molar-refractivity contribution in [2.75, 3.05) is 44.0 Å². The fourth-order valence-electron chi connectivity index (χ4n) is 3.52. The normalized spacial score (nSPS) is 10.8. The van der Waals surface area contributed by atoms with Crippen molar-refractivity contribution in [2.24, 2.45) is 0 Å². The van der Waals surface area contributed by atoms with Crippen molar-refractivity contribution in [2.45, 2.75) is 19.9 Å². The summed E-state index contributed by atoms with van der Waals surface area (Å²) < 4.78 is 12.4. The fourth-order valence-corrected chi connectivity index (χ4v) is 3.52. The van der Waals surface area contributed by atoms with Gasteiger partial charge in [0.25, 0.3) is 5.56 Å². The number of nitrogen functional groups attached to an aromatic ring is 1. The van der Waals surface area contributed by atoms with Crippen LogP contribution in [0.3, 0.4) is 0 Å². The molecule has 0 spiro atoms. The maximum atomic E-state index is 12.8. The highest BCUT2D eigenvalue weighted by atomic mass is 16.5. The van der Waals surface area contributed by atoms with Gasteiger partial charge in [-0.1, -0.05) is 42.5 Å². The molecule has 0 aliphatic carbocycles. The Bertz CT molecular complexity index is 1120. The maximum Gasteiger partial charge on any atom is 0.330 e. The number of H-pyrrole nitrogens is 1. The van der Waals surface area contributed by atoms with Crippen molar-refractivity contribution in [1.29, 1.82) is 0 Å². The van der Waals surface area contributed by atoms with E-state index in [2.05, 4.69) is 4.98 Å². The summed E-state index contributed by atoms with van der Waals surface area (Å²) in [5, 5.41) is 0. The van der Waals surface area contributed by atoms with E-state index in [4.69, 9.17) is 15.2 Å². The lowest BCUT2D eigenvalue weighted by Gasteiger charge is -2.26. The molecule has 3 aromatic rings. The van der Waals surface area contributed by atoms with Crippen LogP contribution in [0.1, 0.15) is 17.5 Å². The van der Waals surface area contributed by atoms with Gasteiger partial charge in [0.2, 0.25) is 0 Å². The van der Waals surface area contributed by atoms with Crippen LogP contribution in [0.4, 0.5) is 11.5 Å². The molecular weight excluding hydrogens is 408 g/mol. The first-order chi connectivity index (χ1) is 15.5. The molecule has 170 valence electrons. The monoisotopic (exact) mass is 438 g/mol. The van der Waals surface area contributed by atoms with Crippen LogP contribution in [-0.4, -0.2) is 43.0 Å². The summed E-state index contributed by atoms with van der Waals surface area (Å²) in [5.74, 6) is 0.897. The topological polar surface area (TPSA) is 103 Å². The second-order valence-electron chi connectivity index (χ2n) is 7.56. The zero-order valence-electron chi connectivity index (χ0n) is 18.5. The average molecular weight is 439 g/mol. The van der Waals surface area contributed by atoms with Gasteiger partial charge in [-0.2, -0.15) is 0 Å². The number of ether oxygens (including phenoxy) is 2. The van der Waals surface area contributed by atoms with Gasteiger partial charge in [-0.15, -0.1) is 0 Å². The van der Waals surface area contributed by atoms with E-state index in [1.54, 1.807) is 7.11 Å². The summed E-state index contributed by atoms with van der Waals surface area (Å²) in [6, 6.07) is 17.3. The molecule has 0 unspecified atom stereocenters. The number of aromatic nitrogens is 2. The number of aromatic amines is 1. The molecular formula is C24H30N4O4. The van der Waals surface area contributed by atoms with E-state index in [-0.39, 0.29) is 18.1 Å². The molecule has 0 saturated carbocycles. The zero-order valence-corrected chi connectivity index (χ0v) is 18.5. The molecule has 8 nitrogen and oxygen atoms in total. The molecule has 0 aliphatic rings. The molecule has 8 heteroatoms. The molecule has 0 atom stereocenters. The van der Waals surface area contributed by atoms with Crippen molar-refractivity contribution in [3.05, 3.63) is 86.6 Å². The number of hydrogen-bond acceptors (Lipinski definition) is 6. The third-order valence-electron chi connectivity index (χ3n) is 5.11. The Kier molecular flexibility index (Phi) is 8.10. The molecule has 1 aromatic heterocycles. The van der Waals surface area contributed by atoms with Crippen molar-refractivity contribution in [3.8, 4) is 5.75 Å². The summed E-state index contributed by atoms with van der Waals surface area (Å²) in [7, 11) is 1.63. The van der Waals surface area contributed by atoms with Gasteiger partial charge in [0, 0.05) is 20.3 Å². The third kappa shape index (κ3) is 6.01. The number of aryl methyl sites for hydroxylation is 1. The van der Waals surface area contributed by atoms with Crippen molar-refractivity contribution in [1.82, 2.24) is 9.55 Å². The van der Waals surface area contributed by atoms with Crippen LogP contribution < -0.4 is 26.6 Å². The molecule has 32 heavy (non-hydrogen) atoms. The molecule has 0 fully saturated rings. The Balaban J connectivity index is 1.86. The molecule has 0 bridgehead atoms. The average Bonchev–Trinajstić information content (AvgIpc) is 2.77. The van der Waals surface area contributed by atoms with E-state index in [0.29, 0.717) is 32.7 Å². The molecule has 1 heterocycles. The van der Waals surface area contributed by atoms with E-state index >= 15 is 0 Å². The molecule has 3 rings (SSSR count). The number of anilines is 2. The Morgan fingerprint density at radius 3 is 2.53 bits per heavy atom. The van der Waals surface area contributed by atoms with E-state index in [1.807, 2.05) is 66.4 Å². The Morgan fingerprint density at radius 2 is 1.81 bits per heavy atom. The number of nitrogens with two attached hydrogens (primary N) is 1. The van der Waals surface area contributed by atoms with E-state index in [0.717, 1.165) is 16.9 Å². The van der Waals surface area contributed by atoms with Crippen molar-refractivity contribution < 1.29 is 9.47 Å². The molecule has 0 saturated heterocycles. The zero-order chi connectivity index (χ0) is 22.9. The Hall–Kier alpha value is -3.52. The molecule has 0 amide bonds. The lowest BCUT2D eigenvalue weighted by molar-refractivity contribution is 0.195. The number of nitrogens with one attached hydrogen (secondary N) is 1. The predicted molar refractivity (Wildman–Crippen MR) is 127 cm³/mol. The predicted octanol–water partition coefficient (Wildman–Crippen LogP) is 2.40. The second kappa shape index (κ2) is 11.2. The maximum absolute atomic E-state index is 12.8. The summed E-state index contributed by atoms with van der Waals surface area (Å²) in [6.45, 7) is 4.11. The minimum Gasteiger partial charge on any atom is -0.492 e. The van der Waals surface area contributed by atoms with Gasteiger partial charge >= 0.3 is 5.69 Å². The summed E-state index contributed by atoms with van der Waals surface area (Å²) >= 11 is 0. The minimum absolute atomic E-state index is 0.135. The van der Waals surface area contributed by atoms with Crippen molar-refractivity contribution in [3.63, 3.8) is 0 Å². The van der Waals surface area contributed by atoms with Gasteiger partial charge in [0.1, 0.15) is 23.9 Å². The number of rotatable bonds is 11. The van der Waals surface area contributed by atoms with Gasteiger partial charge in [0.15, 0.2) is 0 Å². The Morgan fingerprint density at radius 1 is 1.03 bits per heavy atom. The Labute approximate surface area is 187 Å². The quantitative estimate of drug-likeness (QED) is 0.446. The van der Waals surface area contributed by atoms with Gasteiger partial charge in [-0.3, -0.25) is 14.3 Å². The lowest BCUT2D eigenvalue weighted by Crippen LogP contribution is -2.40. The smallest absolute Gasteiger partial charge is 0.330 e.